The summed E-state index contributed by atoms with van der Waals surface area (Å²) in [5, 5.41) is 7.65. The van der Waals surface area contributed by atoms with Crippen molar-refractivity contribution < 1.29 is 9.26 Å². The fraction of sp³-hybridized carbons (Fsp3) is 0.579. The van der Waals surface area contributed by atoms with E-state index in [-0.39, 0.29) is 6.04 Å². The molecule has 1 atom stereocenters. The summed E-state index contributed by atoms with van der Waals surface area (Å²) in [6.45, 7) is 7.01. The topological polar surface area (TPSA) is 63.4 Å². The van der Waals surface area contributed by atoms with Gasteiger partial charge in [0.05, 0.1) is 12.6 Å². The van der Waals surface area contributed by atoms with Crippen LogP contribution in [0.15, 0.2) is 28.8 Å². The lowest BCUT2D eigenvalue weighted by Crippen LogP contribution is -2.43. The molecule has 1 aromatic heterocycles. The van der Waals surface area contributed by atoms with Crippen LogP contribution < -0.4 is 10.2 Å². The van der Waals surface area contributed by atoms with Crippen LogP contribution in [0, 0.1) is 6.92 Å². The Balaban J connectivity index is 1.50. The highest BCUT2D eigenvalue weighted by Gasteiger charge is 2.23. The number of piperidine rings is 1. The molecule has 3 rings (SSSR count). The molecule has 6 nitrogen and oxygen atoms in total. The molecule has 6 heteroatoms. The van der Waals surface area contributed by atoms with Gasteiger partial charge in [0.25, 0.3) is 0 Å². The van der Waals surface area contributed by atoms with Crippen molar-refractivity contribution in [1.29, 1.82) is 0 Å². The van der Waals surface area contributed by atoms with Gasteiger partial charge in [0.2, 0.25) is 5.89 Å². The maximum atomic E-state index is 5.38. The SMILES string of the molecule is COCCc1noc(C(C)NC2CCN(c3ccccc3C)CC2)n1. The number of nitrogens with one attached hydrogen (secondary N) is 1. The Bertz CT molecular complexity index is 665. The predicted octanol–water partition coefficient (Wildman–Crippen LogP) is 2.89. The quantitative estimate of drug-likeness (QED) is 0.833. The van der Waals surface area contributed by atoms with Gasteiger partial charge in [0, 0.05) is 38.3 Å². The summed E-state index contributed by atoms with van der Waals surface area (Å²) < 4.78 is 10.4. The summed E-state index contributed by atoms with van der Waals surface area (Å²) in [6.07, 6.45) is 2.91. The van der Waals surface area contributed by atoms with Gasteiger partial charge in [0.1, 0.15) is 0 Å². The summed E-state index contributed by atoms with van der Waals surface area (Å²) in [6, 6.07) is 9.15. The second kappa shape index (κ2) is 8.45. The van der Waals surface area contributed by atoms with Crippen molar-refractivity contribution in [3.8, 4) is 0 Å². The first kappa shape index (κ1) is 17.9. The Hall–Kier alpha value is -1.92. The van der Waals surface area contributed by atoms with E-state index in [1.54, 1.807) is 7.11 Å². The second-order valence-electron chi connectivity index (χ2n) is 6.73. The standard InChI is InChI=1S/C19H28N4O2/c1-14-6-4-5-7-17(14)23-11-8-16(9-12-23)20-15(2)19-21-18(22-25-19)10-13-24-3/h4-7,15-16,20H,8-13H2,1-3H3. The maximum Gasteiger partial charge on any atom is 0.243 e. The minimum Gasteiger partial charge on any atom is -0.384 e. The molecule has 1 saturated heterocycles. The van der Waals surface area contributed by atoms with Crippen LogP contribution >= 0.6 is 0 Å². The molecule has 25 heavy (non-hydrogen) atoms. The highest BCUT2D eigenvalue weighted by Crippen LogP contribution is 2.24. The summed E-state index contributed by atoms with van der Waals surface area (Å²) in [5.41, 5.74) is 2.70. The fourth-order valence-electron chi connectivity index (χ4n) is 3.37. The third kappa shape index (κ3) is 4.58. The second-order valence-corrected chi connectivity index (χ2v) is 6.73. The van der Waals surface area contributed by atoms with E-state index in [4.69, 9.17) is 9.26 Å². The van der Waals surface area contributed by atoms with E-state index in [9.17, 15) is 0 Å². The van der Waals surface area contributed by atoms with E-state index in [0.29, 0.717) is 30.8 Å². The number of aromatic nitrogens is 2. The number of aryl methyl sites for hydroxylation is 1. The Kier molecular flexibility index (Phi) is 6.04. The number of hydrogen-bond acceptors (Lipinski definition) is 6. The summed E-state index contributed by atoms with van der Waals surface area (Å²) in [7, 11) is 1.68. The van der Waals surface area contributed by atoms with Crippen LogP contribution in [0.2, 0.25) is 0 Å². The van der Waals surface area contributed by atoms with Crippen molar-refractivity contribution in [2.45, 2.75) is 45.2 Å². The molecule has 0 aliphatic carbocycles. The van der Waals surface area contributed by atoms with Gasteiger partial charge < -0.3 is 19.5 Å². The first-order valence-electron chi connectivity index (χ1n) is 9.05. The summed E-state index contributed by atoms with van der Waals surface area (Å²) in [5.74, 6) is 1.37. The molecule has 136 valence electrons. The van der Waals surface area contributed by atoms with E-state index in [1.807, 2.05) is 0 Å². The lowest BCUT2D eigenvalue weighted by Gasteiger charge is -2.35. The number of methoxy groups -OCH3 is 1. The fourth-order valence-corrected chi connectivity index (χ4v) is 3.37. The molecule has 0 amide bonds. The monoisotopic (exact) mass is 344 g/mol. The number of anilines is 1. The highest BCUT2D eigenvalue weighted by atomic mass is 16.5. The zero-order valence-corrected chi connectivity index (χ0v) is 15.4. The van der Waals surface area contributed by atoms with E-state index < -0.39 is 0 Å². The van der Waals surface area contributed by atoms with Crippen LogP contribution in [0.1, 0.15) is 43.1 Å². The zero-order valence-electron chi connectivity index (χ0n) is 15.4. The van der Waals surface area contributed by atoms with Gasteiger partial charge in [-0.1, -0.05) is 23.4 Å². The Morgan fingerprint density at radius 3 is 2.80 bits per heavy atom. The Morgan fingerprint density at radius 2 is 2.08 bits per heavy atom. The van der Waals surface area contributed by atoms with Gasteiger partial charge in [-0.15, -0.1) is 0 Å². The molecule has 1 aliphatic rings. The smallest absolute Gasteiger partial charge is 0.243 e. The number of rotatable bonds is 7. The molecular formula is C19H28N4O2. The minimum atomic E-state index is 0.0683. The van der Waals surface area contributed by atoms with Crippen LogP contribution in [-0.2, 0) is 11.2 Å². The van der Waals surface area contributed by atoms with Crippen LogP contribution in [0.5, 0.6) is 0 Å². The first-order valence-corrected chi connectivity index (χ1v) is 9.05. The number of nitrogens with zero attached hydrogens (tertiary/aromatic N) is 3. The maximum absolute atomic E-state index is 5.38. The first-order chi connectivity index (χ1) is 12.2. The predicted molar refractivity (Wildman–Crippen MR) is 97.8 cm³/mol. The number of ether oxygens (including phenoxy) is 1. The van der Waals surface area contributed by atoms with Crippen LogP contribution in [0.4, 0.5) is 5.69 Å². The van der Waals surface area contributed by atoms with Gasteiger partial charge in [-0.2, -0.15) is 4.98 Å². The zero-order chi connectivity index (χ0) is 17.6. The molecule has 1 fully saturated rings. The van der Waals surface area contributed by atoms with Crippen molar-refractivity contribution in [3.63, 3.8) is 0 Å². The van der Waals surface area contributed by atoms with E-state index in [1.165, 1.54) is 11.3 Å². The summed E-state index contributed by atoms with van der Waals surface area (Å²) >= 11 is 0. The molecule has 0 saturated carbocycles. The van der Waals surface area contributed by atoms with Gasteiger partial charge in [-0.25, -0.2) is 0 Å². The molecular weight excluding hydrogens is 316 g/mol. The number of hydrogen-bond donors (Lipinski definition) is 1. The van der Waals surface area contributed by atoms with E-state index >= 15 is 0 Å². The number of benzene rings is 1. The van der Waals surface area contributed by atoms with Crippen molar-refractivity contribution in [2.75, 3.05) is 31.7 Å². The van der Waals surface area contributed by atoms with Gasteiger partial charge >= 0.3 is 0 Å². The third-order valence-electron chi connectivity index (χ3n) is 4.82. The molecule has 0 bridgehead atoms. The molecule has 1 unspecified atom stereocenters. The van der Waals surface area contributed by atoms with E-state index in [0.717, 1.165) is 25.9 Å². The van der Waals surface area contributed by atoms with Crippen LogP contribution in [0.25, 0.3) is 0 Å². The largest absolute Gasteiger partial charge is 0.384 e. The van der Waals surface area contributed by atoms with Gasteiger partial charge in [-0.05, 0) is 38.3 Å². The lowest BCUT2D eigenvalue weighted by atomic mass is 10.0. The van der Waals surface area contributed by atoms with Gasteiger partial charge in [0.15, 0.2) is 5.82 Å². The summed E-state index contributed by atoms with van der Waals surface area (Å²) in [4.78, 5) is 6.94. The lowest BCUT2D eigenvalue weighted by molar-refractivity contribution is 0.199. The Labute approximate surface area is 149 Å². The molecule has 1 aliphatic heterocycles. The normalized spacial score (nSPS) is 17.0. The third-order valence-corrected chi connectivity index (χ3v) is 4.82. The van der Waals surface area contributed by atoms with Crippen molar-refractivity contribution >= 4 is 5.69 Å². The minimum absolute atomic E-state index is 0.0683. The molecule has 1 aromatic carbocycles. The molecule has 2 aromatic rings. The number of para-hydroxylation sites is 1. The average molecular weight is 344 g/mol. The highest BCUT2D eigenvalue weighted by molar-refractivity contribution is 5.53. The van der Waals surface area contributed by atoms with Crippen molar-refractivity contribution in [3.05, 3.63) is 41.5 Å². The average Bonchev–Trinajstić information content (AvgIpc) is 3.10. The molecule has 0 spiro atoms. The molecule has 1 N–H and O–H groups in total. The Morgan fingerprint density at radius 1 is 1.32 bits per heavy atom. The van der Waals surface area contributed by atoms with Crippen molar-refractivity contribution in [2.24, 2.45) is 0 Å². The van der Waals surface area contributed by atoms with Crippen LogP contribution in [-0.4, -0.2) is 43.0 Å². The van der Waals surface area contributed by atoms with Crippen molar-refractivity contribution in [1.82, 2.24) is 15.5 Å². The van der Waals surface area contributed by atoms with Gasteiger partial charge in [-0.3, -0.25) is 0 Å². The van der Waals surface area contributed by atoms with Crippen LogP contribution in [0.3, 0.4) is 0 Å². The molecule has 0 radical (unpaired) electrons. The van der Waals surface area contributed by atoms with E-state index in [2.05, 4.69) is 58.5 Å². The molecule has 2 heterocycles.